The van der Waals surface area contributed by atoms with E-state index < -0.39 is 59.8 Å². The average Bonchev–Trinajstić information content (AvgIpc) is 3.27. The third-order valence-corrected chi connectivity index (χ3v) is 9.73. The first-order valence-corrected chi connectivity index (χ1v) is 24.3. The standard InChI is InChI=1S/C51H78O12S/c1-3-5-7-9-11-13-15-17-19-21-22-23-25-27-29-31-33-35-37-39-41-59-43-45(44-60-51-49(55)50(63-64(56,57)58)48(54)46(42-52)62-51)61-47(53)40-38-36-34-32-30-28-26-24-20-18-16-14-12-10-8-6-4-2/h5-8,11-14,17-20,22-23,26-29,32-35,45-46,48-52,54-55H,3-4,9-10,15-16,21,24-25,30-31,36-44H2,1-2H3,(H,56,57,58)/b7-5-,8-6-,13-11-,14-12-,19-17-,20-18-,23-22-,28-26-,29-27-,34-32-,35-33-. The first-order chi connectivity index (χ1) is 31.1. The van der Waals surface area contributed by atoms with Crippen molar-refractivity contribution < 1.29 is 56.2 Å². The number of carbonyl (C=O) groups excluding carboxylic acids is 1. The summed E-state index contributed by atoms with van der Waals surface area (Å²) in [5, 5.41) is 30.7. The van der Waals surface area contributed by atoms with Crippen LogP contribution < -0.4 is 0 Å². The molecular formula is C51H78O12S. The normalized spacial score (nSPS) is 21.0. The van der Waals surface area contributed by atoms with E-state index in [1.807, 2.05) is 12.2 Å². The van der Waals surface area contributed by atoms with Crippen molar-refractivity contribution in [1.82, 2.24) is 0 Å². The minimum atomic E-state index is -5.09. The summed E-state index contributed by atoms with van der Waals surface area (Å²) in [6, 6.07) is 0. The Bertz CT molecular complexity index is 1620. The van der Waals surface area contributed by atoms with Crippen molar-refractivity contribution in [2.24, 2.45) is 0 Å². The zero-order chi connectivity index (χ0) is 46.8. The maximum absolute atomic E-state index is 12.8. The maximum Gasteiger partial charge on any atom is 0.397 e. The molecule has 0 aromatic rings. The van der Waals surface area contributed by atoms with Crippen LogP contribution in [0.25, 0.3) is 0 Å². The number of aliphatic hydroxyl groups excluding tert-OH is 3. The van der Waals surface area contributed by atoms with Crippen molar-refractivity contribution in [2.45, 2.75) is 153 Å². The smallest absolute Gasteiger partial charge is 0.397 e. The first-order valence-electron chi connectivity index (χ1n) is 22.9. The van der Waals surface area contributed by atoms with Gasteiger partial charge in [-0.2, -0.15) is 8.42 Å². The van der Waals surface area contributed by atoms with E-state index in [1.54, 1.807) is 0 Å². The lowest BCUT2D eigenvalue weighted by Gasteiger charge is -2.41. The van der Waals surface area contributed by atoms with Crippen LogP contribution in [0.15, 0.2) is 134 Å². The maximum atomic E-state index is 12.8. The van der Waals surface area contributed by atoms with Crippen LogP contribution in [0, 0.1) is 0 Å². The highest BCUT2D eigenvalue weighted by Crippen LogP contribution is 2.26. The molecule has 1 heterocycles. The summed E-state index contributed by atoms with van der Waals surface area (Å²) in [4.78, 5) is 12.8. The number of hydrogen-bond acceptors (Lipinski definition) is 11. The van der Waals surface area contributed by atoms with Gasteiger partial charge in [-0.05, 0) is 96.3 Å². The van der Waals surface area contributed by atoms with E-state index in [4.69, 9.17) is 23.5 Å². The molecule has 64 heavy (non-hydrogen) atoms. The lowest BCUT2D eigenvalue weighted by atomic mass is 9.99. The quantitative estimate of drug-likeness (QED) is 0.0201. The predicted octanol–water partition coefficient (Wildman–Crippen LogP) is 9.96. The molecule has 1 aliphatic heterocycles. The molecule has 0 bridgehead atoms. The van der Waals surface area contributed by atoms with Gasteiger partial charge in [-0.25, -0.2) is 4.18 Å². The van der Waals surface area contributed by atoms with Crippen molar-refractivity contribution in [2.75, 3.05) is 26.4 Å². The van der Waals surface area contributed by atoms with E-state index in [0.29, 0.717) is 25.9 Å². The van der Waals surface area contributed by atoms with Crippen LogP contribution in [0.4, 0.5) is 0 Å². The SMILES string of the molecule is CC/C=C\C/C=C\C/C=C\C/C=C\C/C=C\C/C=C\CCCOCC(COC1OC(CO)C(O)C(OS(=O)(=O)O)C1O)OC(=O)CCC/C=C\C/C=C\C/C=C\C/C=C\C/C=C\CC. The number of allylic oxidation sites excluding steroid dienone is 22. The minimum absolute atomic E-state index is 0.0376. The second kappa shape index (κ2) is 40.7. The zero-order valence-corrected chi connectivity index (χ0v) is 39.1. The van der Waals surface area contributed by atoms with E-state index in [9.17, 15) is 28.5 Å². The highest BCUT2D eigenvalue weighted by molar-refractivity contribution is 7.80. The van der Waals surface area contributed by atoms with E-state index in [-0.39, 0.29) is 19.6 Å². The highest BCUT2D eigenvalue weighted by atomic mass is 32.3. The highest BCUT2D eigenvalue weighted by Gasteiger charge is 2.48. The number of hydrogen-bond donors (Lipinski definition) is 4. The van der Waals surface area contributed by atoms with Crippen molar-refractivity contribution in [3.8, 4) is 0 Å². The van der Waals surface area contributed by atoms with Gasteiger partial charge in [0.25, 0.3) is 0 Å². The molecule has 360 valence electrons. The van der Waals surface area contributed by atoms with Crippen molar-refractivity contribution >= 4 is 16.4 Å². The summed E-state index contributed by atoms with van der Waals surface area (Å²) in [5.74, 6) is -0.483. The fourth-order valence-corrected chi connectivity index (χ4v) is 6.41. The van der Waals surface area contributed by atoms with Crippen LogP contribution >= 0.6 is 0 Å². The molecule has 6 unspecified atom stereocenters. The molecule has 1 saturated heterocycles. The molecule has 0 radical (unpaired) electrons. The molecule has 4 N–H and O–H groups in total. The van der Waals surface area contributed by atoms with Crippen LogP contribution in [0.2, 0.25) is 0 Å². The van der Waals surface area contributed by atoms with E-state index in [1.165, 1.54) is 0 Å². The Hall–Kier alpha value is -3.76. The minimum Gasteiger partial charge on any atom is -0.457 e. The van der Waals surface area contributed by atoms with Gasteiger partial charge in [0.05, 0.1) is 19.8 Å². The number of unbranched alkanes of at least 4 members (excludes halogenated alkanes) is 2. The second-order valence-electron chi connectivity index (χ2n) is 14.9. The molecule has 12 nitrogen and oxygen atoms in total. The average molecular weight is 915 g/mol. The summed E-state index contributed by atoms with van der Waals surface area (Å²) < 4.78 is 58.9. The Kier molecular flexibility index (Phi) is 37.1. The summed E-state index contributed by atoms with van der Waals surface area (Å²) in [5.41, 5.74) is 0. The van der Waals surface area contributed by atoms with Gasteiger partial charge in [-0.15, -0.1) is 0 Å². The number of rotatable bonds is 37. The number of carbonyl (C=O) groups is 1. The molecule has 0 saturated carbocycles. The van der Waals surface area contributed by atoms with Gasteiger partial charge >= 0.3 is 16.4 Å². The van der Waals surface area contributed by atoms with Gasteiger partial charge in [0.2, 0.25) is 0 Å². The van der Waals surface area contributed by atoms with Crippen molar-refractivity contribution in [3.63, 3.8) is 0 Å². The lowest BCUT2D eigenvalue weighted by Crippen LogP contribution is -2.60. The number of esters is 1. The fraction of sp³-hybridized carbons (Fsp3) is 0.549. The summed E-state index contributed by atoms with van der Waals surface area (Å²) in [6.07, 6.45) is 50.7. The number of ether oxygens (including phenoxy) is 4. The van der Waals surface area contributed by atoms with E-state index in [2.05, 4.69) is 140 Å². The Morgan fingerprint density at radius 2 is 1.00 bits per heavy atom. The third-order valence-electron chi connectivity index (χ3n) is 9.27. The molecule has 0 aromatic heterocycles. The molecular weight excluding hydrogens is 837 g/mol. The molecule has 1 rings (SSSR count). The monoisotopic (exact) mass is 915 g/mol. The number of aliphatic hydroxyl groups is 3. The Morgan fingerprint density at radius 3 is 1.41 bits per heavy atom. The van der Waals surface area contributed by atoms with Crippen LogP contribution in [-0.2, 0) is 38.3 Å². The van der Waals surface area contributed by atoms with Gasteiger partial charge in [-0.3, -0.25) is 9.35 Å². The topological polar surface area (TPSA) is 178 Å². The Labute approximate surface area is 384 Å². The predicted molar refractivity (Wildman–Crippen MR) is 257 cm³/mol. The van der Waals surface area contributed by atoms with Crippen molar-refractivity contribution in [3.05, 3.63) is 134 Å². The molecule has 0 spiro atoms. The lowest BCUT2D eigenvalue weighted by molar-refractivity contribution is -0.301. The van der Waals surface area contributed by atoms with Gasteiger partial charge < -0.3 is 34.3 Å². The van der Waals surface area contributed by atoms with Crippen LogP contribution in [0.1, 0.15) is 117 Å². The molecule has 1 aliphatic rings. The molecule has 6 atom stereocenters. The Morgan fingerprint density at radius 1 is 0.594 bits per heavy atom. The van der Waals surface area contributed by atoms with Crippen LogP contribution in [0.5, 0.6) is 0 Å². The zero-order valence-electron chi connectivity index (χ0n) is 38.3. The molecule has 0 aliphatic carbocycles. The Balaban J connectivity index is 2.53. The van der Waals surface area contributed by atoms with Gasteiger partial charge in [0.1, 0.15) is 30.5 Å². The van der Waals surface area contributed by atoms with Crippen LogP contribution in [0.3, 0.4) is 0 Å². The second-order valence-corrected chi connectivity index (χ2v) is 15.9. The van der Waals surface area contributed by atoms with Gasteiger partial charge in [0, 0.05) is 13.0 Å². The summed E-state index contributed by atoms with van der Waals surface area (Å²) in [7, 11) is -5.09. The first kappa shape index (κ1) is 58.3. The summed E-state index contributed by atoms with van der Waals surface area (Å²) in [6.45, 7) is 3.49. The van der Waals surface area contributed by atoms with Gasteiger partial charge in [0.15, 0.2) is 6.29 Å². The third kappa shape index (κ3) is 33.7. The van der Waals surface area contributed by atoms with E-state index in [0.717, 1.165) is 77.0 Å². The van der Waals surface area contributed by atoms with Gasteiger partial charge in [-0.1, -0.05) is 148 Å². The molecule has 0 amide bonds. The van der Waals surface area contributed by atoms with Crippen molar-refractivity contribution in [1.29, 1.82) is 0 Å². The fourth-order valence-electron chi connectivity index (χ4n) is 5.90. The summed E-state index contributed by atoms with van der Waals surface area (Å²) >= 11 is 0. The largest absolute Gasteiger partial charge is 0.457 e. The van der Waals surface area contributed by atoms with E-state index >= 15 is 0 Å². The van der Waals surface area contributed by atoms with Crippen LogP contribution in [-0.4, -0.2) is 97.5 Å². The molecule has 1 fully saturated rings. The molecule has 0 aromatic carbocycles. The molecule has 13 heteroatoms.